The predicted octanol–water partition coefficient (Wildman–Crippen LogP) is 8.81. The summed E-state index contributed by atoms with van der Waals surface area (Å²) in [6.07, 6.45) is 8.46. The topological polar surface area (TPSA) is 138 Å². The van der Waals surface area contributed by atoms with Crippen LogP contribution >= 0.6 is 0 Å². The summed E-state index contributed by atoms with van der Waals surface area (Å²) in [5.41, 5.74) is 5.43. The van der Waals surface area contributed by atoms with E-state index in [9.17, 15) is 14.4 Å². The third-order valence-corrected chi connectivity index (χ3v) is 16.7. The number of methoxy groups -OCH3 is 3. The molecule has 13 nitrogen and oxygen atoms in total. The third-order valence-electron chi connectivity index (χ3n) is 16.7. The van der Waals surface area contributed by atoms with E-state index in [2.05, 4.69) is 49.4 Å². The molecule has 17 atom stereocenters. The van der Waals surface area contributed by atoms with Crippen LogP contribution in [0.1, 0.15) is 103 Å². The van der Waals surface area contributed by atoms with Crippen LogP contribution in [0.2, 0.25) is 0 Å². The zero-order valence-corrected chi connectivity index (χ0v) is 41.2. The van der Waals surface area contributed by atoms with Gasteiger partial charge in [0.1, 0.15) is 31.0 Å². The molecule has 7 aliphatic rings. The van der Waals surface area contributed by atoms with Gasteiger partial charge in [0.25, 0.3) is 0 Å². The highest BCUT2D eigenvalue weighted by Crippen LogP contribution is 2.54. The summed E-state index contributed by atoms with van der Waals surface area (Å²) >= 11 is 0. The first-order chi connectivity index (χ1) is 32.9. The molecule has 0 radical (unpaired) electrons. The van der Waals surface area contributed by atoms with Crippen LogP contribution in [0.15, 0.2) is 72.3 Å². The van der Waals surface area contributed by atoms with Gasteiger partial charge in [-0.25, -0.2) is 4.79 Å². The number of hydrogen-bond acceptors (Lipinski definition) is 12. The third kappa shape index (κ3) is 9.62. The van der Waals surface area contributed by atoms with Crippen molar-refractivity contribution in [2.75, 3.05) is 35.0 Å². The average Bonchev–Trinajstić information content (AvgIpc) is 4.02. The van der Waals surface area contributed by atoms with E-state index >= 15 is 0 Å². The van der Waals surface area contributed by atoms with Crippen molar-refractivity contribution in [1.29, 1.82) is 0 Å². The van der Waals surface area contributed by atoms with Gasteiger partial charge < -0.3 is 47.5 Å². The van der Waals surface area contributed by atoms with E-state index in [4.69, 9.17) is 42.6 Å². The van der Waals surface area contributed by atoms with Crippen LogP contribution in [-0.4, -0.2) is 125 Å². The fourth-order valence-corrected chi connectivity index (χ4v) is 13.1. The fraction of sp³-hybridized carbons (Fsp3) is 0.655. The largest absolute Gasteiger partial charge is 0.462 e. The van der Waals surface area contributed by atoms with E-state index in [1.165, 1.54) is 22.3 Å². The lowest BCUT2D eigenvalue weighted by atomic mass is 9.70. The number of rotatable bonds is 11. The maximum atomic E-state index is 15.0. The molecule has 1 amide bonds. The normalized spacial score (nSPS) is 38.2. The first-order valence-corrected chi connectivity index (χ1v) is 25.3. The molecule has 0 spiro atoms. The van der Waals surface area contributed by atoms with E-state index in [1.54, 1.807) is 33.3 Å². The van der Waals surface area contributed by atoms with Gasteiger partial charge in [0, 0.05) is 52.6 Å². The first kappa shape index (κ1) is 49.0. The molecule has 9 rings (SSSR count). The Bertz CT molecular complexity index is 2130. The Morgan fingerprint density at radius 2 is 1.49 bits per heavy atom. The molecule has 4 fully saturated rings. The number of allylic oxidation sites excluding steroid dienone is 4. The van der Waals surface area contributed by atoms with E-state index in [1.807, 2.05) is 45.0 Å². The summed E-state index contributed by atoms with van der Waals surface area (Å²) in [7, 11) is 6.73. The number of Topliss-reactive ketones (excluding diaryl/α,β-unsaturated/α-hetero) is 1. The highest BCUT2D eigenvalue weighted by Gasteiger charge is 2.53. The Hall–Kier alpha value is -3.95. The van der Waals surface area contributed by atoms with Crippen molar-refractivity contribution in [3.8, 4) is 11.1 Å². The van der Waals surface area contributed by atoms with Gasteiger partial charge in [-0.05, 0) is 110 Å². The molecule has 4 aliphatic carbocycles. The van der Waals surface area contributed by atoms with Crippen molar-refractivity contribution < 1.29 is 57.0 Å². The molecule has 0 bridgehead atoms. The quantitative estimate of drug-likeness (QED) is 0.157. The zero-order chi connectivity index (χ0) is 47.8. The Balaban J connectivity index is 0.857. The molecular formula is C55H73NO12. The zero-order valence-electron chi connectivity index (χ0n) is 41.2. The number of ketones is 1. The van der Waals surface area contributed by atoms with Crippen molar-refractivity contribution >= 4 is 17.8 Å². The van der Waals surface area contributed by atoms with Gasteiger partial charge in [-0.1, -0.05) is 80.6 Å². The summed E-state index contributed by atoms with van der Waals surface area (Å²) < 4.78 is 56.1. The van der Waals surface area contributed by atoms with Gasteiger partial charge in [-0.3, -0.25) is 9.59 Å². The van der Waals surface area contributed by atoms with Crippen molar-refractivity contribution in [2.24, 2.45) is 35.5 Å². The minimum atomic E-state index is -0.627. The molecular weight excluding hydrogens is 867 g/mol. The highest BCUT2D eigenvalue weighted by molar-refractivity contribution is 5.99. The van der Waals surface area contributed by atoms with E-state index in [-0.39, 0.29) is 109 Å². The van der Waals surface area contributed by atoms with Crippen molar-refractivity contribution in [1.82, 2.24) is 4.90 Å². The minimum Gasteiger partial charge on any atom is -0.462 e. The molecule has 68 heavy (non-hydrogen) atoms. The number of hydrogen-bond donors (Lipinski definition) is 0. The molecule has 370 valence electrons. The van der Waals surface area contributed by atoms with Crippen molar-refractivity contribution in [3.63, 3.8) is 0 Å². The molecule has 2 aromatic rings. The lowest BCUT2D eigenvalue weighted by Crippen LogP contribution is -2.59. The summed E-state index contributed by atoms with van der Waals surface area (Å²) in [4.78, 5) is 44.0. The first-order valence-electron chi connectivity index (χ1n) is 25.3. The monoisotopic (exact) mass is 940 g/mol. The van der Waals surface area contributed by atoms with Crippen molar-refractivity contribution in [3.05, 3.63) is 83.5 Å². The molecule has 3 saturated heterocycles. The number of nitrogens with zero attached hydrogens (tertiary/aromatic N) is 1. The van der Waals surface area contributed by atoms with Crippen LogP contribution in [0.3, 0.4) is 0 Å². The summed E-state index contributed by atoms with van der Waals surface area (Å²) in [6.45, 7) is 8.22. The number of cyclic esters (lactones) is 1. The number of carbonyl (C=O) groups excluding carboxylic acids is 3. The van der Waals surface area contributed by atoms with E-state index in [0.29, 0.717) is 37.7 Å². The second-order valence-corrected chi connectivity index (χ2v) is 20.4. The predicted molar refractivity (Wildman–Crippen MR) is 253 cm³/mol. The maximum Gasteiger partial charge on any atom is 0.409 e. The molecule has 3 heterocycles. The summed E-state index contributed by atoms with van der Waals surface area (Å²) in [5.74, 6) is -0.491. The lowest BCUT2D eigenvalue weighted by Gasteiger charge is -2.44. The smallest absolute Gasteiger partial charge is 0.409 e. The van der Waals surface area contributed by atoms with Crippen LogP contribution in [0.4, 0.5) is 4.79 Å². The fourth-order valence-electron chi connectivity index (χ4n) is 13.1. The molecule has 3 aliphatic heterocycles. The Kier molecular flexibility index (Phi) is 15.3. The van der Waals surface area contributed by atoms with Gasteiger partial charge in [-0.2, -0.15) is 0 Å². The van der Waals surface area contributed by atoms with Gasteiger partial charge >= 0.3 is 12.1 Å². The summed E-state index contributed by atoms with van der Waals surface area (Å²) in [5, 5.41) is 0. The maximum absolute atomic E-state index is 15.0. The second kappa shape index (κ2) is 21.2. The van der Waals surface area contributed by atoms with Crippen LogP contribution in [0.5, 0.6) is 0 Å². The number of benzene rings is 2. The number of likely N-dealkylation sites (N-methyl/N-ethyl adjacent to an activating group) is 1. The second-order valence-electron chi connectivity index (χ2n) is 20.4. The number of esters is 1. The molecule has 2 aromatic carbocycles. The molecule has 1 saturated carbocycles. The van der Waals surface area contributed by atoms with Crippen LogP contribution in [0, 0.1) is 35.5 Å². The molecule has 0 N–H and O–H groups in total. The number of fused-ring (bicyclic) bond motifs is 8. The Labute approximate surface area is 402 Å². The standard InChI is InChI=1S/C55H73NO12/c1-9-34-15-14-20-47(68-49-24-23-46(31(3)64-49)56(5)55(59)63-29-45-38-18-12-10-16-36(38)37-17-11-13-19-39(37)45)30(2)50(58)44-27-42-40(43(44)28-48(57)66-34)22-21-33-25-35(26-41(33)42)67-54-53(62-8)52(61-7)51(60-6)32(4)65-54/h10-13,16-19,21-22,27,30-35,40-43,45-47,49,51-54H,9,14-15,20,23-26,28-29H2,1-8H3/t30-,31?,32?,33-,34+,35-,40-,41-,42-,43+,46+,47+,49+,51+,52?,53+,54+/m1/s1. The van der Waals surface area contributed by atoms with Gasteiger partial charge in [0.15, 0.2) is 18.4 Å². The van der Waals surface area contributed by atoms with Crippen LogP contribution in [-0.2, 0) is 52.2 Å². The summed E-state index contributed by atoms with van der Waals surface area (Å²) in [6, 6.07) is 16.4. The Morgan fingerprint density at radius 3 is 2.16 bits per heavy atom. The molecule has 0 aromatic heterocycles. The van der Waals surface area contributed by atoms with Gasteiger partial charge in [0.2, 0.25) is 0 Å². The number of ether oxygens (including phenoxy) is 9. The number of amides is 1. The average molecular weight is 940 g/mol. The number of carbonyl (C=O) groups is 3. The van der Waals surface area contributed by atoms with Crippen molar-refractivity contribution in [2.45, 2.75) is 159 Å². The van der Waals surface area contributed by atoms with Crippen LogP contribution in [0.25, 0.3) is 11.1 Å². The molecule has 3 unspecified atom stereocenters. The minimum absolute atomic E-state index is 0.0120. The molecule has 13 heteroatoms. The van der Waals surface area contributed by atoms with E-state index < -0.39 is 30.7 Å². The SMILES string of the molecule is CC[C@H]1CCC[C@H](O[C@H]2CC[C@H](N(C)C(=O)OCC3c4ccccc4-c4ccccc43)C(C)O2)[C@@H](C)C(=O)C2=C[C@@H]3[C@@H](C=C[C@@H]4C[C@@H](O[C@@H]5OC(C)[C@H](OC)C(OC)[C@@H]5OC)C[C@@H]34)[C@@H]2CC(=O)O1. The lowest BCUT2D eigenvalue weighted by molar-refractivity contribution is -0.314. The van der Waals surface area contributed by atoms with Gasteiger partial charge in [0.05, 0.1) is 36.9 Å². The van der Waals surface area contributed by atoms with Crippen LogP contribution < -0.4 is 0 Å². The van der Waals surface area contributed by atoms with Gasteiger partial charge in [-0.15, -0.1) is 0 Å². The Morgan fingerprint density at radius 1 is 0.779 bits per heavy atom. The highest BCUT2D eigenvalue weighted by atomic mass is 16.7. The van der Waals surface area contributed by atoms with E-state index in [0.717, 1.165) is 19.3 Å².